The van der Waals surface area contributed by atoms with E-state index in [1.165, 1.54) is 16.7 Å². The van der Waals surface area contributed by atoms with Gasteiger partial charge in [0, 0.05) is 25.6 Å². The first-order chi connectivity index (χ1) is 11.8. The van der Waals surface area contributed by atoms with Crippen LogP contribution >= 0.6 is 0 Å². The van der Waals surface area contributed by atoms with Crippen molar-refractivity contribution < 1.29 is 4.79 Å². The number of fused-ring (bicyclic) bond motifs is 1. The van der Waals surface area contributed by atoms with Crippen LogP contribution in [0.2, 0.25) is 0 Å². The van der Waals surface area contributed by atoms with Crippen LogP contribution in [0.1, 0.15) is 29.5 Å². The summed E-state index contributed by atoms with van der Waals surface area (Å²) in [5, 5.41) is 0. The van der Waals surface area contributed by atoms with Crippen molar-refractivity contribution in [3.63, 3.8) is 0 Å². The molecule has 0 radical (unpaired) electrons. The van der Waals surface area contributed by atoms with Crippen LogP contribution in [-0.2, 0) is 24.4 Å². The molecule has 0 spiro atoms. The number of likely N-dealkylation sites (tertiary alicyclic amines) is 1. The molecule has 0 aromatic heterocycles. The predicted octanol–water partition coefficient (Wildman–Crippen LogP) is 3.44. The molecule has 0 aliphatic carbocycles. The maximum absolute atomic E-state index is 12.8. The molecule has 3 nitrogen and oxygen atoms in total. The molecule has 0 atom stereocenters. The molecule has 0 N–H and O–H groups in total. The van der Waals surface area contributed by atoms with Gasteiger partial charge in [-0.15, -0.1) is 0 Å². The van der Waals surface area contributed by atoms with Crippen LogP contribution in [-0.4, -0.2) is 28.8 Å². The first kappa shape index (κ1) is 15.4. The van der Waals surface area contributed by atoms with Crippen LogP contribution in [0.25, 0.3) is 0 Å². The number of carbonyl (C=O) groups excluding carboxylic acids is 1. The van der Waals surface area contributed by atoms with Gasteiger partial charge in [-0.2, -0.15) is 0 Å². The van der Waals surface area contributed by atoms with Gasteiger partial charge in [0.25, 0.3) is 0 Å². The van der Waals surface area contributed by atoms with E-state index in [4.69, 9.17) is 0 Å². The van der Waals surface area contributed by atoms with Crippen LogP contribution in [0, 0.1) is 5.92 Å². The van der Waals surface area contributed by atoms with Crippen molar-refractivity contribution in [3.05, 3.63) is 71.3 Å². The summed E-state index contributed by atoms with van der Waals surface area (Å²) in [7, 11) is 0. The van der Waals surface area contributed by atoms with Crippen molar-refractivity contribution in [2.24, 2.45) is 5.92 Å². The van der Waals surface area contributed by atoms with Crippen LogP contribution in [0.4, 0.5) is 0 Å². The molecule has 0 unspecified atom stereocenters. The Hall–Kier alpha value is -2.13. The Morgan fingerprint density at radius 1 is 0.875 bits per heavy atom. The number of benzene rings is 2. The molecule has 3 heteroatoms. The molecule has 2 heterocycles. The second-order valence-electron chi connectivity index (χ2n) is 7.00. The summed E-state index contributed by atoms with van der Waals surface area (Å²) in [4.78, 5) is 17.4. The Balaban J connectivity index is 1.31. The van der Waals surface area contributed by atoms with Crippen LogP contribution in [0.3, 0.4) is 0 Å². The average molecular weight is 320 g/mol. The molecule has 0 bridgehead atoms. The summed E-state index contributed by atoms with van der Waals surface area (Å²) < 4.78 is 0. The lowest BCUT2D eigenvalue weighted by Crippen LogP contribution is -2.40. The molecular formula is C21H24N2O. The Morgan fingerprint density at radius 2 is 1.46 bits per heavy atom. The van der Waals surface area contributed by atoms with Gasteiger partial charge in [-0.05, 0) is 42.6 Å². The van der Waals surface area contributed by atoms with Gasteiger partial charge in [-0.1, -0.05) is 54.6 Å². The van der Waals surface area contributed by atoms with Gasteiger partial charge in [0.15, 0.2) is 0 Å². The summed E-state index contributed by atoms with van der Waals surface area (Å²) >= 11 is 0. The summed E-state index contributed by atoms with van der Waals surface area (Å²) in [5.74, 6) is 0.553. The van der Waals surface area contributed by atoms with Crippen molar-refractivity contribution in [1.82, 2.24) is 9.80 Å². The molecular weight excluding hydrogens is 296 g/mol. The molecule has 1 amide bonds. The van der Waals surface area contributed by atoms with Crippen molar-refractivity contribution in [2.75, 3.05) is 13.1 Å². The molecule has 2 aromatic carbocycles. The highest BCUT2D eigenvalue weighted by atomic mass is 16.2. The molecule has 24 heavy (non-hydrogen) atoms. The van der Waals surface area contributed by atoms with E-state index in [-0.39, 0.29) is 5.92 Å². The van der Waals surface area contributed by atoms with Gasteiger partial charge >= 0.3 is 0 Å². The van der Waals surface area contributed by atoms with Crippen molar-refractivity contribution in [2.45, 2.75) is 32.5 Å². The number of rotatable bonds is 3. The summed E-state index contributed by atoms with van der Waals surface area (Å²) in [6.07, 6.45) is 1.97. The maximum Gasteiger partial charge on any atom is 0.226 e. The minimum atomic E-state index is 0.200. The largest absolute Gasteiger partial charge is 0.334 e. The first-order valence-electron chi connectivity index (χ1n) is 8.91. The minimum absolute atomic E-state index is 0.200. The molecule has 1 saturated heterocycles. The molecule has 2 aromatic rings. The van der Waals surface area contributed by atoms with E-state index in [0.717, 1.165) is 45.6 Å². The van der Waals surface area contributed by atoms with Gasteiger partial charge in [-0.3, -0.25) is 9.69 Å². The predicted molar refractivity (Wildman–Crippen MR) is 95.1 cm³/mol. The van der Waals surface area contributed by atoms with Gasteiger partial charge in [-0.25, -0.2) is 0 Å². The second kappa shape index (κ2) is 6.78. The molecule has 1 fully saturated rings. The fourth-order valence-corrected chi connectivity index (χ4v) is 3.93. The molecule has 2 aliphatic rings. The van der Waals surface area contributed by atoms with Crippen molar-refractivity contribution in [1.29, 1.82) is 0 Å². The van der Waals surface area contributed by atoms with Gasteiger partial charge in [0.1, 0.15) is 0 Å². The van der Waals surface area contributed by atoms with Gasteiger partial charge in [0.2, 0.25) is 5.91 Å². The summed E-state index contributed by atoms with van der Waals surface area (Å²) in [6.45, 7) is 4.62. The maximum atomic E-state index is 12.8. The van der Waals surface area contributed by atoms with E-state index in [0.29, 0.717) is 5.91 Å². The molecule has 2 aliphatic heterocycles. The average Bonchev–Trinajstić information content (AvgIpc) is 3.07. The van der Waals surface area contributed by atoms with Crippen LogP contribution < -0.4 is 0 Å². The van der Waals surface area contributed by atoms with E-state index >= 15 is 0 Å². The smallest absolute Gasteiger partial charge is 0.226 e. The Kier molecular flexibility index (Phi) is 4.35. The van der Waals surface area contributed by atoms with Gasteiger partial charge < -0.3 is 4.90 Å². The monoisotopic (exact) mass is 320 g/mol. The van der Waals surface area contributed by atoms with Gasteiger partial charge in [0.05, 0.1) is 0 Å². The topological polar surface area (TPSA) is 23.6 Å². The zero-order valence-corrected chi connectivity index (χ0v) is 14.0. The highest BCUT2D eigenvalue weighted by Crippen LogP contribution is 2.27. The molecule has 4 rings (SSSR count). The van der Waals surface area contributed by atoms with E-state index in [9.17, 15) is 4.79 Å². The SMILES string of the molecule is O=C(C1CCN(Cc2ccccc2)CC1)N1Cc2ccccc2C1. The zero-order valence-electron chi connectivity index (χ0n) is 14.0. The number of amides is 1. The lowest BCUT2D eigenvalue weighted by atomic mass is 9.95. The van der Waals surface area contributed by atoms with Crippen LogP contribution in [0.15, 0.2) is 54.6 Å². The summed E-state index contributed by atoms with van der Waals surface area (Å²) in [5.41, 5.74) is 3.98. The first-order valence-corrected chi connectivity index (χ1v) is 8.91. The van der Waals surface area contributed by atoms with E-state index in [1.807, 2.05) is 4.90 Å². The zero-order chi connectivity index (χ0) is 16.4. The third-order valence-corrected chi connectivity index (χ3v) is 5.34. The van der Waals surface area contributed by atoms with Crippen molar-refractivity contribution in [3.8, 4) is 0 Å². The highest BCUT2D eigenvalue weighted by molar-refractivity contribution is 5.79. The second-order valence-corrected chi connectivity index (χ2v) is 7.00. The number of piperidine rings is 1. The third-order valence-electron chi connectivity index (χ3n) is 5.34. The Bertz CT molecular complexity index is 680. The van der Waals surface area contributed by atoms with Crippen molar-refractivity contribution >= 4 is 5.91 Å². The fraction of sp³-hybridized carbons (Fsp3) is 0.381. The third kappa shape index (κ3) is 3.22. The lowest BCUT2D eigenvalue weighted by Gasteiger charge is -2.33. The quantitative estimate of drug-likeness (QED) is 0.865. The summed E-state index contributed by atoms with van der Waals surface area (Å²) in [6, 6.07) is 19.0. The number of nitrogens with zero attached hydrogens (tertiary/aromatic N) is 2. The molecule has 0 saturated carbocycles. The van der Waals surface area contributed by atoms with E-state index < -0.39 is 0 Å². The standard InChI is InChI=1S/C21H24N2O/c24-21(23-15-19-8-4-5-9-20(19)16-23)18-10-12-22(13-11-18)14-17-6-2-1-3-7-17/h1-9,18H,10-16H2. The minimum Gasteiger partial charge on any atom is -0.334 e. The highest BCUT2D eigenvalue weighted by Gasteiger charge is 2.31. The number of hydrogen-bond donors (Lipinski definition) is 0. The lowest BCUT2D eigenvalue weighted by molar-refractivity contribution is -0.137. The Labute approximate surface area is 143 Å². The molecule has 124 valence electrons. The number of hydrogen-bond acceptors (Lipinski definition) is 2. The fourth-order valence-electron chi connectivity index (χ4n) is 3.93. The van der Waals surface area contributed by atoms with E-state index in [2.05, 4.69) is 59.5 Å². The van der Waals surface area contributed by atoms with Crippen LogP contribution in [0.5, 0.6) is 0 Å². The normalized spacial score (nSPS) is 18.6. The Morgan fingerprint density at radius 3 is 2.08 bits per heavy atom. The van der Waals surface area contributed by atoms with E-state index in [1.54, 1.807) is 0 Å². The number of carbonyl (C=O) groups is 1.